The van der Waals surface area contributed by atoms with E-state index >= 15 is 0 Å². The van der Waals surface area contributed by atoms with E-state index in [4.69, 9.17) is 5.11 Å². The molecule has 1 aromatic heterocycles. The molecule has 0 aliphatic rings. The van der Waals surface area contributed by atoms with Gasteiger partial charge in [-0.15, -0.1) is 0 Å². The minimum Gasteiger partial charge on any atom is -0.478 e. The lowest BCUT2D eigenvalue weighted by atomic mass is 10.0. The summed E-state index contributed by atoms with van der Waals surface area (Å²) < 4.78 is 0. The van der Waals surface area contributed by atoms with Gasteiger partial charge in [-0.1, -0.05) is 12.1 Å². The summed E-state index contributed by atoms with van der Waals surface area (Å²) in [5.74, 6) is -0.935. The van der Waals surface area contributed by atoms with Crippen LogP contribution in [0.3, 0.4) is 0 Å². The molecule has 0 atom stereocenters. The Balaban J connectivity index is 2.08. The lowest BCUT2D eigenvalue weighted by Crippen LogP contribution is -1.99. The van der Waals surface area contributed by atoms with Crippen LogP contribution in [-0.2, 0) is 0 Å². The number of hydrogen-bond donors (Lipinski definition) is 2. The number of carboxylic acids is 1. The SMILES string of the molecule is Cc1cc(C)c2c(Nc3cccc(C(=O)O)c3)ccnc2c1. The van der Waals surface area contributed by atoms with Crippen LogP contribution in [0.4, 0.5) is 11.4 Å². The van der Waals surface area contributed by atoms with Gasteiger partial charge >= 0.3 is 5.97 Å². The van der Waals surface area contributed by atoms with Gasteiger partial charge < -0.3 is 10.4 Å². The fourth-order valence-corrected chi connectivity index (χ4v) is 2.66. The fraction of sp³-hybridized carbons (Fsp3) is 0.111. The van der Waals surface area contributed by atoms with Crippen LogP contribution < -0.4 is 5.32 Å². The van der Waals surface area contributed by atoms with Crippen molar-refractivity contribution in [2.24, 2.45) is 0 Å². The maximum absolute atomic E-state index is 11.1. The number of nitrogens with one attached hydrogen (secondary N) is 1. The van der Waals surface area contributed by atoms with Crippen LogP contribution in [0.5, 0.6) is 0 Å². The first-order chi connectivity index (χ1) is 10.5. The van der Waals surface area contributed by atoms with Gasteiger partial charge in [-0.2, -0.15) is 0 Å². The average molecular weight is 292 g/mol. The van der Waals surface area contributed by atoms with E-state index in [1.54, 1.807) is 24.4 Å². The third-order valence-electron chi connectivity index (χ3n) is 3.57. The molecule has 110 valence electrons. The number of hydrogen-bond acceptors (Lipinski definition) is 3. The lowest BCUT2D eigenvalue weighted by molar-refractivity contribution is 0.0697. The zero-order chi connectivity index (χ0) is 15.7. The van der Waals surface area contributed by atoms with Crippen molar-refractivity contribution >= 4 is 28.2 Å². The third kappa shape index (κ3) is 2.63. The van der Waals surface area contributed by atoms with Crippen molar-refractivity contribution in [3.05, 3.63) is 65.4 Å². The highest BCUT2D eigenvalue weighted by Gasteiger charge is 2.08. The first-order valence-corrected chi connectivity index (χ1v) is 7.01. The zero-order valence-electron chi connectivity index (χ0n) is 12.4. The maximum Gasteiger partial charge on any atom is 0.335 e. The molecule has 4 heteroatoms. The normalized spacial score (nSPS) is 10.6. The van der Waals surface area contributed by atoms with Crippen LogP contribution >= 0.6 is 0 Å². The zero-order valence-corrected chi connectivity index (χ0v) is 12.4. The van der Waals surface area contributed by atoms with Gasteiger partial charge in [-0.3, -0.25) is 4.98 Å². The Morgan fingerprint density at radius 1 is 1.14 bits per heavy atom. The topological polar surface area (TPSA) is 62.2 Å². The molecule has 22 heavy (non-hydrogen) atoms. The van der Waals surface area contributed by atoms with E-state index in [0.29, 0.717) is 0 Å². The Kier molecular flexibility index (Phi) is 3.51. The molecular formula is C18H16N2O2. The second kappa shape index (κ2) is 5.48. The number of carbonyl (C=O) groups is 1. The molecule has 4 nitrogen and oxygen atoms in total. The number of carboxylic acid groups (broad SMARTS) is 1. The molecule has 0 aliphatic carbocycles. The van der Waals surface area contributed by atoms with E-state index in [-0.39, 0.29) is 5.56 Å². The number of nitrogens with zero attached hydrogens (tertiary/aromatic N) is 1. The maximum atomic E-state index is 11.1. The molecule has 3 rings (SSSR count). The minimum absolute atomic E-state index is 0.260. The largest absolute Gasteiger partial charge is 0.478 e. The molecule has 0 fully saturated rings. The van der Waals surface area contributed by atoms with Crippen molar-refractivity contribution in [2.45, 2.75) is 13.8 Å². The predicted octanol–water partition coefficient (Wildman–Crippen LogP) is 4.29. The second-order valence-electron chi connectivity index (χ2n) is 5.35. The number of pyridine rings is 1. The van der Waals surface area contributed by atoms with Crippen molar-refractivity contribution < 1.29 is 9.90 Å². The van der Waals surface area contributed by atoms with Gasteiger partial charge in [0.2, 0.25) is 0 Å². The highest BCUT2D eigenvalue weighted by molar-refractivity contribution is 5.96. The minimum atomic E-state index is -0.935. The lowest BCUT2D eigenvalue weighted by Gasteiger charge is -2.12. The van der Waals surface area contributed by atoms with E-state index in [0.717, 1.165) is 27.8 Å². The first kappa shape index (κ1) is 14.1. The molecule has 0 bridgehead atoms. The van der Waals surface area contributed by atoms with Crippen LogP contribution in [0.25, 0.3) is 10.9 Å². The monoisotopic (exact) mass is 292 g/mol. The van der Waals surface area contributed by atoms with E-state index in [9.17, 15) is 4.79 Å². The van der Waals surface area contributed by atoms with E-state index in [1.807, 2.05) is 25.1 Å². The van der Waals surface area contributed by atoms with E-state index < -0.39 is 5.97 Å². The Labute approximate surface area is 128 Å². The highest BCUT2D eigenvalue weighted by Crippen LogP contribution is 2.29. The van der Waals surface area contributed by atoms with Crippen LogP contribution in [0.1, 0.15) is 21.5 Å². The van der Waals surface area contributed by atoms with Gasteiger partial charge in [0, 0.05) is 23.0 Å². The van der Waals surface area contributed by atoms with Crippen molar-refractivity contribution in [2.75, 3.05) is 5.32 Å². The molecule has 0 radical (unpaired) electrons. The third-order valence-corrected chi connectivity index (χ3v) is 3.57. The number of benzene rings is 2. The molecular weight excluding hydrogens is 276 g/mol. The summed E-state index contributed by atoms with van der Waals surface area (Å²) in [4.78, 5) is 15.5. The van der Waals surface area contributed by atoms with Crippen LogP contribution in [0.15, 0.2) is 48.7 Å². The number of rotatable bonds is 3. The summed E-state index contributed by atoms with van der Waals surface area (Å²) in [6.07, 6.45) is 1.75. The molecule has 0 amide bonds. The van der Waals surface area contributed by atoms with E-state index in [1.165, 1.54) is 5.56 Å². The number of anilines is 2. The molecule has 0 saturated carbocycles. The standard InChI is InChI=1S/C18H16N2O2/c1-11-8-12(2)17-15(6-7-19-16(17)9-11)20-14-5-3-4-13(10-14)18(21)22/h3-10H,1-2H3,(H,19,20)(H,21,22). The van der Waals surface area contributed by atoms with Crippen LogP contribution in [0.2, 0.25) is 0 Å². The Hall–Kier alpha value is -2.88. The van der Waals surface area contributed by atoms with Gasteiger partial charge in [-0.25, -0.2) is 4.79 Å². The molecule has 2 aromatic carbocycles. The van der Waals surface area contributed by atoms with Gasteiger partial charge in [0.1, 0.15) is 0 Å². The van der Waals surface area contributed by atoms with Crippen LogP contribution in [-0.4, -0.2) is 16.1 Å². The molecule has 0 saturated heterocycles. The molecule has 3 aromatic rings. The van der Waals surface area contributed by atoms with Gasteiger partial charge in [0.05, 0.1) is 11.1 Å². The van der Waals surface area contributed by atoms with Gasteiger partial charge in [0.25, 0.3) is 0 Å². The van der Waals surface area contributed by atoms with E-state index in [2.05, 4.69) is 23.3 Å². The summed E-state index contributed by atoms with van der Waals surface area (Å²) in [6.45, 7) is 4.10. The summed E-state index contributed by atoms with van der Waals surface area (Å²) in [6, 6.07) is 12.8. The fourth-order valence-electron chi connectivity index (χ4n) is 2.66. The molecule has 0 spiro atoms. The number of aromatic nitrogens is 1. The predicted molar refractivity (Wildman–Crippen MR) is 87.9 cm³/mol. The molecule has 2 N–H and O–H groups in total. The van der Waals surface area contributed by atoms with Crippen LogP contribution in [0, 0.1) is 13.8 Å². The number of aromatic carboxylic acids is 1. The summed E-state index contributed by atoms with van der Waals surface area (Å²) in [5, 5.41) is 13.4. The second-order valence-corrected chi connectivity index (χ2v) is 5.35. The van der Waals surface area contributed by atoms with Crippen molar-refractivity contribution in [1.29, 1.82) is 0 Å². The highest BCUT2D eigenvalue weighted by atomic mass is 16.4. The first-order valence-electron chi connectivity index (χ1n) is 7.01. The Bertz CT molecular complexity index is 872. The summed E-state index contributed by atoms with van der Waals surface area (Å²) >= 11 is 0. The van der Waals surface area contributed by atoms with Gasteiger partial charge in [-0.05, 0) is 55.3 Å². The molecule has 1 heterocycles. The Morgan fingerprint density at radius 2 is 1.95 bits per heavy atom. The smallest absolute Gasteiger partial charge is 0.335 e. The number of aryl methyl sites for hydroxylation is 2. The molecule has 0 unspecified atom stereocenters. The number of fused-ring (bicyclic) bond motifs is 1. The van der Waals surface area contributed by atoms with Gasteiger partial charge in [0.15, 0.2) is 0 Å². The summed E-state index contributed by atoms with van der Waals surface area (Å²) in [5.41, 5.74) is 5.16. The van der Waals surface area contributed by atoms with Crippen molar-refractivity contribution in [3.8, 4) is 0 Å². The quantitative estimate of drug-likeness (QED) is 0.755. The van der Waals surface area contributed by atoms with Crippen molar-refractivity contribution in [3.63, 3.8) is 0 Å². The van der Waals surface area contributed by atoms with Crippen molar-refractivity contribution in [1.82, 2.24) is 4.98 Å². The Morgan fingerprint density at radius 3 is 2.73 bits per heavy atom. The molecule has 0 aliphatic heterocycles. The average Bonchev–Trinajstić information content (AvgIpc) is 2.47. The summed E-state index contributed by atoms with van der Waals surface area (Å²) in [7, 11) is 0.